The third kappa shape index (κ3) is 2.11. The second-order valence-corrected chi connectivity index (χ2v) is 5.84. The highest BCUT2D eigenvalue weighted by molar-refractivity contribution is 9.10. The molecule has 1 heterocycles. The van der Waals surface area contributed by atoms with Crippen LogP contribution in [0.5, 0.6) is 0 Å². The first-order chi connectivity index (χ1) is 9.18. The number of ketones is 1. The Bertz CT molecular complexity index is 758. The highest BCUT2D eigenvalue weighted by atomic mass is 79.9. The molecule has 0 saturated carbocycles. The summed E-state index contributed by atoms with van der Waals surface area (Å²) in [5.74, 6) is -0.794. The Labute approximate surface area is 121 Å². The van der Waals surface area contributed by atoms with E-state index >= 15 is 0 Å². The molecule has 94 valence electrons. The lowest BCUT2D eigenvalue weighted by Gasteiger charge is -2.04. The summed E-state index contributed by atoms with van der Waals surface area (Å²) in [4.78, 5) is 12.5. The van der Waals surface area contributed by atoms with Gasteiger partial charge in [-0.1, -0.05) is 24.3 Å². The summed E-state index contributed by atoms with van der Waals surface area (Å²) in [5.41, 5.74) is 0.637. The Morgan fingerprint density at radius 3 is 2.68 bits per heavy atom. The van der Waals surface area contributed by atoms with Crippen molar-refractivity contribution in [1.29, 1.82) is 0 Å². The molecular weight excluding hydrogens is 327 g/mol. The van der Waals surface area contributed by atoms with Crippen LogP contribution in [0.4, 0.5) is 4.39 Å². The molecule has 0 bridgehead atoms. The lowest BCUT2D eigenvalue weighted by Crippen LogP contribution is -2.04. The van der Waals surface area contributed by atoms with Crippen LogP contribution in [0.3, 0.4) is 0 Å². The molecule has 0 aliphatic rings. The van der Waals surface area contributed by atoms with Crippen molar-refractivity contribution in [3.63, 3.8) is 0 Å². The van der Waals surface area contributed by atoms with E-state index in [1.54, 1.807) is 17.5 Å². The molecule has 1 aromatic heterocycles. The number of thiophene rings is 1. The Kier molecular flexibility index (Phi) is 3.21. The van der Waals surface area contributed by atoms with Gasteiger partial charge in [0.1, 0.15) is 5.82 Å². The molecule has 0 amide bonds. The van der Waals surface area contributed by atoms with Gasteiger partial charge in [0.25, 0.3) is 0 Å². The number of carbonyl (C=O) groups is 1. The minimum Gasteiger partial charge on any atom is -0.288 e. The quantitative estimate of drug-likeness (QED) is 0.600. The minimum atomic E-state index is -0.505. The van der Waals surface area contributed by atoms with Crippen molar-refractivity contribution in [3.8, 4) is 0 Å². The molecule has 19 heavy (non-hydrogen) atoms. The summed E-state index contributed by atoms with van der Waals surface area (Å²) in [7, 11) is 0. The lowest BCUT2D eigenvalue weighted by atomic mass is 10.0. The first-order valence-corrected chi connectivity index (χ1v) is 7.30. The van der Waals surface area contributed by atoms with Crippen molar-refractivity contribution in [3.05, 3.63) is 69.3 Å². The van der Waals surface area contributed by atoms with Gasteiger partial charge in [-0.3, -0.25) is 4.79 Å². The molecule has 2 aromatic carbocycles. The first kappa shape index (κ1) is 12.5. The molecular formula is C15H8BrFOS. The SMILES string of the molecule is O=C(c1c(F)cccc1Br)c1csc2ccccc12. The van der Waals surface area contributed by atoms with Crippen LogP contribution in [-0.4, -0.2) is 5.78 Å². The molecule has 0 radical (unpaired) electrons. The first-order valence-electron chi connectivity index (χ1n) is 5.63. The zero-order chi connectivity index (χ0) is 13.4. The van der Waals surface area contributed by atoms with Crippen LogP contribution in [0.25, 0.3) is 10.1 Å². The number of hydrogen-bond acceptors (Lipinski definition) is 2. The summed E-state index contributed by atoms with van der Waals surface area (Å²) in [6.07, 6.45) is 0. The van der Waals surface area contributed by atoms with Gasteiger partial charge >= 0.3 is 0 Å². The summed E-state index contributed by atoms with van der Waals surface area (Å²) in [5, 5.41) is 2.65. The van der Waals surface area contributed by atoms with E-state index < -0.39 is 5.82 Å². The minimum absolute atomic E-state index is 0.0889. The maximum atomic E-state index is 13.8. The predicted molar refractivity (Wildman–Crippen MR) is 79.4 cm³/mol. The molecule has 3 aromatic rings. The maximum absolute atomic E-state index is 13.8. The molecule has 0 aliphatic carbocycles. The molecule has 1 nitrogen and oxygen atoms in total. The molecule has 0 saturated heterocycles. The van der Waals surface area contributed by atoms with Gasteiger partial charge in [-0.25, -0.2) is 4.39 Å². The average Bonchev–Trinajstić information content (AvgIpc) is 2.82. The van der Waals surface area contributed by atoms with E-state index in [4.69, 9.17) is 0 Å². The molecule has 0 unspecified atom stereocenters. The molecule has 3 rings (SSSR count). The summed E-state index contributed by atoms with van der Waals surface area (Å²) in [6, 6.07) is 12.2. The number of carbonyl (C=O) groups excluding carboxylic acids is 1. The third-order valence-corrected chi connectivity index (χ3v) is 4.54. The van der Waals surface area contributed by atoms with E-state index in [0.29, 0.717) is 10.0 Å². The summed E-state index contributed by atoms with van der Waals surface area (Å²) < 4.78 is 15.4. The Balaban J connectivity index is 2.20. The van der Waals surface area contributed by atoms with Gasteiger partial charge in [0, 0.05) is 25.5 Å². The van der Waals surface area contributed by atoms with Crippen LogP contribution in [0, 0.1) is 5.82 Å². The van der Waals surface area contributed by atoms with E-state index in [1.165, 1.54) is 17.4 Å². The standard InChI is InChI=1S/C15H8BrFOS/c16-11-5-3-6-12(17)14(11)15(18)10-8-19-13-7-2-1-4-9(10)13/h1-8H. The van der Waals surface area contributed by atoms with Crippen LogP contribution >= 0.6 is 27.3 Å². The van der Waals surface area contributed by atoms with Gasteiger partial charge in [0.2, 0.25) is 0 Å². The second-order valence-electron chi connectivity index (χ2n) is 4.07. The van der Waals surface area contributed by atoms with Crippen molar-refractivity contribution in [2.45, 2.75) is 0 Å². The monoisotopic (exact) mass is 334 g/mol. The topological polar surface area (TPSA) is 17.1 Å². The van der Waals surface area contributed by atoms with Crippen molar-refractivity contribution in [1.82, 2.24) is 0 Å². The van der Waals surface area contributed by atoms with Gasteiger partial charge in [0.05, 0.1) is 5.56 Å². The third-order valence-electron chi connectivity index (χ3n) is 2.92. The fourth-order valence-electron chi connectivity index (χ4n) is 2.00. The smallest absolute Gasteiger partial charge is 0.198 e. The van der Waals surface area contributed by atoms with E-state index in [9.17, 15) is 9.18 Å². The summed E-state index contributed by atoms with van der Waals surface area (Å²) >= 11 is 4.73. The van der Waals surface area contributed by atoms with E-state index in [0.717, 1.165) is 10.1 Å². The molecule has 0 atom stereocenters. The van der Waals surface area contributed by atoms with Crippen LogP contribution in [0.1, 0.15) is 15.9 Å². The predicted octanol–water partition coefficient (Wildman–Crippen LogP) is 5.03. The van der Waals surface area contributed by atoms with Gasteiger partial charge in [0.15, 0.2) is 5.78 Å². The second kappa shape index (κ2) is 4.87. The van der Waals surface area contributed by atoms with E-state index in [-0.39, 0.29) is 11.3 Å². The number of fused-ring (bicyclic) bond motifs is 1. The van der Waals surface area contributed by atoms with Crippen LogP contribution in [0.15, 0.2) is 52.3 Å². The maximum Gasteiger partial charge on any atom is 0.198 e. The normalized spacial score (nSPS) is 10.8. The largest absolute Gasteiger partial charge is 0.288 e. The number of benzene rings is 2. The Morgan fingerprint density at radius 1 is 1.11 bits per heavy atom. The van der Waals surface area contributed by atoms with Crippen molar-refractivity contribution >= 4 is 43.1 Å². The van der Waals surface area contributed by atoms with Crippen LogP contribution in [0.2, 0.25) is 0 Å². The van der Waals surface area contributed by atoms with Crippen molar-refractivity contribution < 1.29 is 9.18 Å². The van der Waals surface area contributed by atoms with E-state index in [1.807, 2.05) is 24.3 Å². The molecule has 0 fully saturated rings. The van der Waals surface area contributed by atoms with Gasteiger partial charge < -0.3 is 0 Å². The van der Waals surface area contributed by atoms with Gasteiger partial charge in [-0.2, -0.15) is 0 Å². The average molecular weight is 335 g/mol. The molecule has 0 N–H and O–H groups in total. The molecule has 0 aliphatic heterocycles. The van der Waals surface area contributed by atoms with E-state index in [2.05, 4.69) is 15.9 Å². The fraction of sp³-hybridized carbons (Fsp3) is 0. The molecule has 4 heteroatoms. The summed E-state index contributed by atoms with van der Waals surface area (Å²) in [6.45, 7) is 0. The Morgan fingerprint density at radius 2 is 1.89 bits per heavy atom. The zero-order valence-electron chi connectivity index (χ0n) is 9.69. The van der Waals surface area contributed by atoms with Gasteiger partial charge in [-0.05, 0) is 34.1 Å². The fourth-order valence-corrected chi connectivity index (χ4v) is 3.47. The van der Waals surface area contributed by atoms with Crippen molar-refractivity contribution in [2.75, 3.05) is 0 Å². The number of hydrogen-bond donors (Lipinski definition) is 0. The van der Waals surface area contributed by atoms with Crippen molar-refractivity contribution in [2.24, 2.45) is 0 Å². The number of halogens is 2. The number of rotatable bonds is 2. The van der Waals surface area contributed by atoms with Crippen LogP contribution in [-0.2, 0) is 0 Å². The molecule has 0 spiro atoms. The van der Waals surface area contributed by atoms with Gasteiger partial charge in [-0.15, -0.1) is 11.3 Å². The lowest BCUT2D eigenvalue weighted by molar-refractivity contribution is 0.103. The Hall–Kier alpha value is -1.52. The van der Waals surface area contributed by atoms with Crippen LogP contribution < -0.4 is 0 Å². The zero-order valence-corrected chi connectivity index (χ0v) is 12.1. The highest BCUT2D eigenvalue weighted by Gasteiger charge is 2.20. The highest BCUT2D eigenvalue weighted by Crippen LogP contribution is 2.30.